The molecule has 0 amide bonds. The molecule has 0 aliphatic rings. The minimum Gasteiger partial charge on any atom is -0.439 e. The van der Waals surface area contributed by atoms with Crippen LogP contribution in [0.2, 0.25) is 5.02 Å². The molecule has 2 heterocycles. The second-order valence-corrected chi connectivity index (χ2v) is 6.21. The molecule has 4 aromatic rings. The van der Waals surface area contributed by atoms with E-state index in [1.165, 1.54) is 0 Å². The van der Waals surface area contributed by atoms with E-state index in [0.29, 0.717) is 34.8 Å². The summed E-state index contributed by atoms with van der Waals surface area (Å²) in [5.41, 5.74) is 9.36. The van der Waals surface area contributed by atoms with Gasteiger partial charge in [0.1, 0.15) is 5.75 Å². The van der Waals surface area contributed by atoms with E-state index in [1.54, 1.807) is 18.3 Å². The second kappa shape index (κ2) is 6.93. The van der Waals surface area contributed by atoms with Crippen LogP contribution < -0.4 is 15.8 Å². The zero-order valence-electron chi connectivity index (χ0n) is 13.7. The number of nitrogens with two attached hydrogens (primary N) is 1. The van der Waals surface area contributed by atoms with Gasteiger partial charge in [-0.05, 0) is 42.0 Å². The fraction of sp³-hybridized carbons (Fsp3) is 0.0526. The summed E-state index contributed by atoms with van der Waals surface area (Å²) in [5, 5.41) is 3.85. The average Bonchev–Trinajstić information content (AvgIpc) is 3.05. The lowest BCUT2D eigenvalue weighted by Crippen LogP contribution is -2.00. The first-order chi connectivity index (χ1) is 12.7. The zero-order chi connectivity index (χ0) is 17.9. The normalized spacial score (nSPS) is 10.8. The number of imidazole rings is 1. The van der Waals surface area contributed by atoms with Crippen LogP contribution in [0.3, 0.4) is 0 Å². The molecule has 0 radical (unpaired) electrons. The quantitative estimate of drug-likeness (QED) is 0.450. The molecule has 7 heteroatoms. The number of halogens is 1. The van der Waals surface area contributed by atoms with Gasteiger partial charge >= 0.3 is 0 Å². The molecule has 130 valence electrons. The van der Waals surface area contributed by atoms with Gasteiger partial charge in [-0.1, -0.05) is 23.7 Å². The number of ether oxygens (including phenoxy) is 1. The van der Waals surface area contributed by atoms with Gasteiger partial charge in [0.05, 0.1) is 16.1 Å². The molecule has 0 spiro atoms. The van der Waals surface area contributed by atoms with E-state index < -0.39 is 0 Å². The Kier molecular flexibility index (Phi) is 4.33. The topological polar surface area (TPSA) is 88.9 Å². The van der Waals surface area contributed by atoms with E-state index >= 15 is 0 Å². The molecular formula is C19H16ClN5O. The predicted molar refractivity (Wildman–Crippen MR) is 104 cm³/mol. The Balaban J connectivity index is 1.39. The monoisotopic (exact) mass is 365 g/mol. The van der Waals surface area contributed by atoms with Crippen LogP contribution >= 0.6 is 11.6 Å². The molecular weight excluding hydrogens is 350 g/mol. The Bertz CT molecular complexity index is 1030. The molecule has 26 heavy (non-hydrogen) atoms. The number of nitrogens with one attached hydrogen (secondary N) is 2. The summed E-state index contributed by atoms with van der Waals surface area (Å²) >= 11 is 5.82. The number of hydrogen-bond donors (Lipinski definition) is 3. The Morgan fingerprint density at radius 1 is 1.08 bits per heavy atom. The smallest absolute Gasteiger partial charge is 0.219 e. The highest BCUT2D eigenvalue weighted by Crippen LogP contribution is 2.22. The highest BCUT2D eigenvalue weighted by Gasteiger charge is 2.04. The molecule has 0 aliphatic carbocycles. The van der Waals surface area contributed by atoms with E-state index in [9.17, 15) is 0 Å². The molecule has 0 aliphatic heterocycles. The fourth-order valence-corrected chi connectivity index (χ4v) is 2.62. The molecule has 0 saturated carbocycles. The second-order valence-electron chi connectivity index (χ2n) is 5.78. The number of aromatic nitrogens is 3. The van der Waals surface area contributed by atoms with Gasteiger partial charge in [0.2, 0.25) is 11.8 Å². The van der Waals surface area contributed by atoms with E-state index in [4.69, 9.17) is 22.1 Å². The minimum absolute atomic E-state index is 0.502. The third kappa shape index (κ3) is 3.70. The first kappa shape index (κ1) is 16.2. The summed E-state index contributed by atoms with van der Waals surface area (Å²) in [6.45, 7) is 0.634. The Morgan fingerprint density at radius 2 is 1.92 bits per heavy atom. The van der Waals surface area contributed by atoms with Gasteiger partial charge in [0, 0.05) is 24.5 Å². The van der Waals surface area contributed by atoms with Crippen LogP contribution in [0.5, 0.6) is 11.6 Å². The summed E-state index contributed by atoms with van der Waals surface area (Å²) in [6.07, 6.45) is 1.55. The number of anilines is 2. The summed E-state index contributed by atoms with van der Waals surface area (Å²) in [7, 11) is 0. The van der Waals surface area contributed by atoms with E-state index in [0.717, 1.165) is 16.6 Å². The van der Waals surface area contributed by atoms with Crippen molar-refractivity contribution < 1.29 is 4.74 Å². The number of hydrogen-bond acceptors (Lipinski definition) is 5. The third-order valence-electron chi connectivity index (χ3n) is 3.81. The van der Waals surface area contributed by atoms with Crippen molar-refractivity contribution in [1.29, 1.82) is 0 Å². The van der Waals surface area contributed by atoms with Crippen LogP contribution in [-0.2, 0) is 6.54 Å². The van der Waals surface area contributed by atoms with Crippen LogP contribution in [-0.4, -0.2) is 15.0 Å². The van der Waals surface area contributed by atoms with Crippen molar-refractivity contribution in [2.45, 2.75) is 6.54 Å². The summed E-state index contributed by atoms with van der Waals surface area (Å²) < 4.78 is 5.68. The van der Waals surface area contributed by atoms with Gasteiger partial charge in [-0.15, -0.1) is 0 Å². The maximum absolute atomic E-state index is 5.82. The maximum Gasteiger partial charge on any atom is 0.219 e. The van der Waals surface area contributed by atoms with Gasteiger partial charge in [-0.25, -0.2) is 9.97 Å². The van der Waals surface area contributed by atoms with E-state index in [2.05, 4.69) is 20.3 Å². The predicted octanol–water partition coefficient (Wildman–Crippen LogP) is 4.60. The Labute approximate surface area is 155 Å². The molecule has 2 aromatic carbocycles. The lowest BCUT2D eigenvalue weighted by Gasteiger charge is -2.07. The molecule has 2 aromatic heterocycles. The van der Waals surface area contributed by atoms with Gasteiger partial charge in [0.15, 0.2) is 0 Å². The van der Waals surface area contributed by atoms with Crippen molar-refractivity contribution in [3.63, 3.8) is 0 Å². The number of nitrogen functional groups attached to an aromatic ring is 1. The molecule has 0 unspecified atom stereocenters. The van der Waals surface area contributed by atoms with Gasteiger partial charge in [0.25, 0.3) is 0 Å². The average molecular weight is 366 g/mol. The number of fused-ring (bicyclic) bond motifs is 1. The SMILES string of the molecule is Nc1ccc2[nH]c(NCc3ccc(Oc4ccc(Cl)cn4)cc3)nc2c1. The maximum atomic E-state index is 5.82. The van der Waals surface area contributed by atoms with Crippen molar-refractivity contribution in [1.82, 2.24) is 15.0 Å². The lowest BCUT2D eigenvalue weighted by atomic mass is 10.2. The molecule has 0 atom stereocenters. The molecule has 4 N–H and O–H groups in total. The van der Waals surface area contributed by atoms with Crippen LogP contribution in [0.15, 0.2) is 60.8 Å². The third-order valence-corrected chi connectivity index (χ3v) is 4.04. The number of pyridine rings is 1. The summed E-state index contributed by atoms with van der Waals surface area (Å²) in [6, 6.07) is 16.8. The van der Waals surface area contributed by atoms with Crippen molar-refractivity contribution in [2.75, 3.05) is 11.1 Å². The number of aromatic amines is 1. The number of nitrogens with zero attached hydrogens (tertiary/aromatic N) is 2. The standard InChI is InChI=1S/C19H16ClN5O/c20-13-3-8-18(22-11-13)26-15-5-1-12(2-6-15)10-23-19-24-16-7-4-14(21)9-17(16)25-19/h1-9,11H,10,21H2,(H2,23,24,25). The van der Waals surface area contributed by atoms with E-state index in [-0.39, 0.29) is 0 Å². The van der Waals surface area contributed by atoms with Crippen LogP contribution in [0.25, 0.3) is 11.0 Å². The van der Waals surface area contributed by atoms with Crippen LogP contribution in [0, 0.1) is 0 Å². The van der Waals surface area contributed by atoms with Crippen LogP contribution in [0.1, 0.15) is 5.56 Å². The molecule has 6 nitrogen and oxygen atoms in total. The zero-order valence-corrected chi connectivity index (χ0v) is 14.5. The number of H-pyrrole nitrogens is 1. The van der Waals surface area contributed by atoms with Gasteiger partial charge < -0.3 is 20.8 Å². The lowest BCUT2D eigenvalue weighted by molar-refractivity contribution is 0.463. The van der Waals surface area contributed by atoms with Crippen molar-refractivity contribution in [3.05, 3.63) is 71.4 Å². The van der Waals surface area contributed by atoms with Gasteiger partial charge in [-0.3, -0.25) is 0 Å². The fourth-order valence-electron chi connectivity index (χ4n) is 2.51. The summed E-state index contributed by atoms with van der Waals surface area (Å²) in [5.74, 6) is 1.92. The minimum atomic E-state index is 0.502. The number of rotatable bonds is 5. The summed E-state index contributed by atoms with van der Waals surface area (Å²) in [4.78, 5) is 11.8. The van der Waals surface area contributed by atoms with Crippen LogP contribution in [0.4, 0.5) is 11.6 Å². The molecule has 0 fully saturated rings. The van der Waals surface area contributed by atoms with Crippen molar-refractivity contribution in [3.8, 4) is 11.6 Å². The highest BCUT2D eigenvalue weighted by molar-refractivity contribution is 6.30. The first-order valence-corrected chi connectivity index (χ1v) is 8.41. The highest BCUT2D eigenvalue weighted by atomic mass is 35.5. The molecule has 0 saturated heterocycles. The van der Waals surface area contributed by atoms with E-state index in [1.807, 2.05) is 42.5 Å². The van der Waals surface area contributed by atoms with Gasteiger partial charge in [-0.2, -0.15) is 0 Å². The molecule has 4 rings (SSSR count). The Morgan fingerprint density at radius 3 is 2.69 bits per heavy atom. The molecule has 0 bridgehead atoms. The first-order valence-electron chi connectivity index (χ1n) is 8.03. The van der Waals surface area contributed by atoms with Crippen molar-refractivity contribution in [2.24, 2.45) is 0 Å². The largest absolute Gasteiger partial charge is 0.439 e. The Hall–Kier alpha value is -3.25. The number of benzene rings is 2. The van der Waals surface area contributed by atoms with Crippen molar-refractivity contribution >= 4 is 34.3 Å².